The van der Waals surface area contributed by atoms with Crippen LogP contribution in [0.5, 0.6) is 5.75 Å². The van der Waals surface area contributed by atoms with E-state index in [2.05, 4.69) is 44.2 Å². The smallest absolute Gasteiger partial charge is 0.120 e. The van der Waals surface area contributed by atoms with Gasteiger partial charge in [-0.25, -0.2) is 0 Å². The number of ether oxygens (including phenoxy) is 1. The average Bonchev–Trinajstić information content (AvgIpc) is 2.86. The topological polar surface area (TPSA) is 29.5 Å². The third-order valence-electron chi connectivity index (χ3n) is 4.21. The van der Waals surface area contributed by atoms with Crippen molar-refractivity contribution >= 4 is 0 Å². The molecule has 0 saturated heterocycles. The Morgan fingerprint density at radius 3 is 2.62 bits per heavy atom. The molecule has 0 unspecified atom stereocenters. The molecule has 0 aliphatic heterocycles. The van der Waals surface area contributed by atoms with Gasteiger partial charge in [-0.2, -0.15) is 0 Å². The summed E-state index contributed by atoms with van der Waals surface area (Å²) in [6, 6.07) is 14.6. The normalized spacial score (nSPS) is 17.0. The average molecular weight is 282 g/mol. The Labute approximate surface area is 126 Å². The Hall–Kier alpha value is -1.80. The predicted octanol–water partition coefficient (Wildman–Crippen LogP) is 4.37. The lowest BCUT2D eigenvalue weighted by molar-refractivity contribution is 0.180. The van der Waals surface area contributed by atoms with Gasteiger partial charge in [0.1, 0.15) is 12.4 Å². The van der Waals surface area contributed by atoms with Gasteiger partial charge in [0.25, 0.3) is 0 Å². The molecule has 0 spiro atoms. The van der Waals surface area contributed by atoms with Gasteiger partial charge in [0, 0.05) is 0 Å². The minimum Gasteiger partial charge on any atom is -0.489 e. The Morgan fingerprint density at radius 2 is 1.90 bits per heavy atom. The lowest BCUT2D eigenvalue weighted by atomic mass is 10.0. The van der Waals surface area contributed by atoms with E-state index in [0.29, 0.717) is 12.5 Å². The summed E-state index contributed by atoms with van der Waals surface area (Å²) in [5.74, 6) is 1.44. The molecule has 1 atom stereocenters. The summed E-state index contributed by atoms with van der Waals surface area (Å²) in [6.07, 6.45) is 1.48. The molecule has 1 N–H and O–H groups in total. The van der Waals surface area contributed by atoms with Crippen molar-refractivity contribution in [3.05, 3.63) is 64.7 Å². The first-order chi connectivity index (χ1) is 10.1. The van der Waals surface area contributed by atoms with Crippen molar-refractivity contribution in [1.29, 1.82) is 0 Å². The minimum absolute atomic E-state index is 0.294. The van der Waals surface area contributed by atoms with Crippen LogP contribution in [0.3, 0.4) is 0 Å². The summed E-state index contributed by atoms with van der Waals surface area (Å²) in [5.41, 5.74) is 4.81. The zero-order valence-electron chi connectivity index (χ0n) is 12.7. The van der Waals surface area contributed by atoms with Crippen LogP contribution < -0.4 is 4.74 Å². The highest BCUT2D eigenvalue weighted by Crippen LogP contribution is 2.33. The fourth-order valence-corrected chi connectivity index (χ4v) is 2.83. The van der Waals surface area contributed by atoms with Crippen LogP contribution in [0.15, 0.2) is 42.5 Å². The number of benzene rings is 2. The molecule has 1 aliphatic carbocycles. The number of aryl methyl sites for hydroxylation is 1. The van der Waals surface area contributed by atoms with E-state index in [1.165, 1.54) is 16.7 Å². The Bertz CT molecular complexity index is 614. The van der Waals surface area contributed by atoms with Gasteiger partial charge in [-0.1, -0.05) is 44.2 Å². The van der Waals surface area contributed by atoms with Gasteiger partial charge < -0.3 is 9.84 Å². The number of rotatable bonds is 4. The first-order valence-corrected chi connectivity index (χ1v) is 7.66. The van der Waals surface area contributed by atoms with Crippen molar-refractivity contribution < 1.29 is 9.84 Å². The first kappa shape index (κ1) is 14.2. The van der Waals surface area contributed by atoms with Crippen LogP contribution in [0.1, 0.15) is 54.5 Å². The van der Waals surface area contributed by atoms with Gasteiger partial charge >= 0.3 is 0 Å². The molecule has 0 amide bonds. The molecule has 2 heteroatoms. The van der Waals surface area contributed by atoms with Crippen LogP contribution in [0.4, 0.5) is 0 Å². The molecule has 0 heterocycles. The maximum absolute atomic E-state index is 9.81. The van der Waals surface area contributed by atoms with Gasteiger partial charge in [-0.05, 0) is 53.1 Å². The van der Waals surface area contributed by atoms with Crippen molar-refractivity contribution in [3.63, 3.8) is 0 Å². The van der Waals surface area contributed by atoms with Crippen molar-refractivity contribution in [2.75, 3.05) is 0 Å². The van der Waals surface area contributed by atoms with Crippen molar-refractivity contribution in [3.8, 4) is 5.75 Å². The third kappa shape index (κ3) is 3.11. The van der Waals surface area contributed by atoms with E-state index in [-0.39, 0.29) is 6.10 Å². The van der Waals surface area contributed by atoms with E-state index in [1.54, 1.807) is 0 Å². The number of aliphatic hydroxyl groups is 1. The van der Waals surface area contributed by atoms with Crippen LogP contribution >= 0.6 is 0 Å². The summed E-state index contributed by atoms with van der Waals surface area (Å²) < 4.78 is 5.87. The van der Waals surface area contributed by atoms with Gasteiger partial charge in [-0.3, -0.25) is 0 Å². The second-order valence-corrected chi connectivity index (χ2v) is 6.10. The lowest BCUT2D eigenvalue weighted by Crippen LogP contribution is -1.97. The molecule has 0 bridgehead atoms. The van der Waals surface area contributed by atoms with Crippen molar-refractivity contribution in [1.82, 2.24) is 0 Å². The Balaban J connectivity index is 1.65. The van der Waals surface area contributed by atoms with Gasteiger partial charge in [0.05, 0.1) is 6.10 Å². The van der Waals surface area contributed by atoms with Crippen LogP contribution in [-0.2, 0) is 13.0 Å². The molecule has 0 radical (unpaired) electrons. The molecule has 21 heavy (non-hydrogen) atoms. The monoisotopic (exact) mass is 282 g/mol. The summed E-state index contributed by atoms with van der Waals surface area (Å²) in [7, 11) is 0. The molecule has 2 aromatic rings. The third-order valence-corrected chi connectivity index (χ3v) is 4.21. The number of fused-ring (bicyclic) bond motifs is 1. The molecule has 1 aliphatic rings. The largest absolute Gasteiger partial charge is 0.489 e. The molecular formula is C19H22O2. The van der Waals surface area contributed by atoms with E-state index < -0.39 is 0 Å². The Kier molecular flexibility index (Phi) is 3.98. The molecular weight excluding hydrogens is 260 g/mol. The summed E-state index contributed by atoms with van der Waals surface area (Å²) in [4.78, 5) is 0. The molecule has 0 saturated carbocycles. The molecule has 3 rings (SSSR count). The molecule has 2 nitrogen and oxygen atoms in total. The van der Waals surface area contributed by atoms with Gasteiger partial charge in [0.15, 0.2) is 0 Å². The van der Waals surface area contributed by atoms with E-state index in [4.69, 9.17) is 4.74 Å². The first-order valence-electron chi connectivity index (χ1n) is 7.66. The van der Waals surface area contributed by atoms with Gasteiger partial charge in [0.2, 0.25) is 0 Å². The van der Waals surface area contributed by atoms with E-state index in [9.17, 15) is 5.11 Å². The predicted molar refractivity (Wildman–Crippen MR) is 84.6 cm³/mol. The minimum atomic E-state index is -0.294. The highest BCUT2D eigenvalue weighted by molar-refractivity contribution is 5.40. The second kappa shape index (κ2) is 5.90. The molecule has 0 fully saturated rings. The Morgan fingerprint density at radius 1 is 1.14 bits per heavy atom. The van der Waals surface area contributed by atoms with Crippen molar-refractivity contribution in [2.45, 2.75) is 45.3 Å². The van der Waals surface area contributed by atoms with Crippen LogP contribution in [0.2, 0.25) is 0 Å². The van der Waals surface area contributed by atoms with Crippen LogP contribution in [-0.4, -0.2) is 5.11 Å². The highest BCUT2D eigenvalue weighted by Gasteiger charge is 2.20. The van der Waals surface area contributed by atoms with E-state index >= 15 is 0 Å². The SMILES string of the molecule is CC(C)c1ccc(COc2ccc3c(c2)CC[C@H]3O)cc1. The fourth-order valence-electron chi connectivity index (χ4n) is 2.83. The zero-order chi connectivity index (χ0) is 14.8. The fraction of sp³-hybridized carbons (Fsp3) is 0.368. The number of hydrogen-bond donors (Lipinski definition) is 1. The van der Waals surface area contributed by atoms with E-state index in [0.717, 1.165) is 24.2 Å². The summed E-state index contributed by atoms with van der Waals surface area (Å²) >= 11 is 0. The maximum atomic E-state index is 9.81. The molecule has 0 aromatic heterocycles. The van der Waals surface area contributed by atoms with Crippen LogP contribution in [0, 0.1) is 0 Å². The maximum Gasteiger partial charge on any atom is 0.120 e. The summed E-state index contributed by atoms with van der Waals surface area (Å²) in [5, 5.41) is 9.81. The quantitative estimate of drug-likeness (QED) is 0.902. The van der Waals surface area contributed by atoms with Crippen molar-refractivity contribution in [2.24, 2.45) is 0 Å². The number of aliphatic hydroxyl groups excluding tert-OH is 1. The van der Waals surface area contributed by atoms with Crippen LogP contribution in [0.25, 0.3) is 0 Å². The lowest BCUT2D eigenvalue weighted by Gasteiger charge is -2.10. The van der Waals surface area contributed by atoms with Gasteiger partial charge in [-0.15, -0.1) is 0 Å². The highest BCUT2D eigenvalue weighted by atomic mass is 16.5. The molecule has 110 valence electrons. The molecule has 2 aromatic carbocycles. The second-order valence-electron chi connectivity index (χ2n) is 6.10. The number of hydrogen-bond acceptors (Lipinski definition) is 2. The van der Waals surface area contributed by atoms with E-state index in [1.807, 2.05) is 12.1 Å². The standard InChI is InChI=1S/C19H22O2/c1-13(2)15-5-3-14(4-6-15)12-21-17-8-9-18-16(11-17)7-10-19(18)20/h3-6,8-9,11,13,19-20H,7,10,12H2,1-2H3/t19-/m1/s1. The summed E-state index contributed by atoms with van der Waals surface area (Å²) in [6.45, 7) is 4.98. The zero-order valence-corrected chi connectivity index (χ0v) is 12.7.